The molecule has 0 bridgehead atoms. The fraction of sp³-hybridized carbons (Fsp3) is 0.625. The molecule has 0 saturated heterocycles. The van der Waals surface area contributed by atoms with E-state index in [1.54, 1.807) is 7.05 Å². The number of aliphatic imine (C=N–C) groups is 1. The summed E-state index contributed by atoms with van der Waals surface area (Å²) in [6.07, 6.45) is 5.06. The number of carbonyl (C=O) groups is 1. The number of halogens is 2. The molecule has 8 heteroatoms. The quantitative estimate of drug-likeness (QED) is 0.529. The SMILES string of the molecule is CN=C(NCCC(=O)NC1CCCC1)NCc1cc(Cl)c(Cl)n1C. The number of aromatic nitrogens is 1. The molecule has 0 radical (unpaired) electrons. The molecule has 3 N–H and O–H groups in total. The molecule has 6 nitrogen and oxygen atoms in total. The van der Waals surface area contributed by atoms with Gasteiger partial charge >= 0.3 is 0 Å². The highest BCUT2D eigenvalue weighted by molar-refractivity contribution is 6.41. The van der Waals surface area contributed by atoms with Crippen LogP contribution < -0.4 is 16.0 Å². The minimum atomic E-state index is 0.0888. The lowest BCUT2D eigenvalue weighted by molar-refractivity contribution is -0.121. The van der Waals surface area contributed by atoms with Gasteiger partial charge in [-0.3, -0.25) is 9.79 Å². The van der Waals surface area contributed by atoms with E-state index < -0.39 is 0 Å². The molecule has 0 atom stereocenters. The van der Waals surface area contributed by atoms with Crippen LogP contribution in [0.25, 0.3) is 0 Å². The van der Waals surface area contributed by atoms with Gasteiger partial charge in [0.05, 0.1) is 11.6 Å². The van der Waals surface area contributed by atoms with Crippen LogP contribution in [0.2, 0.25) is 10.2 Å². The summed E-state index contributed by atoms with van der Waals surface area (Å²) in [6.45, 7) is 1.07. The van der Waals surface area contributed by atoms with Crippen molar-refractivity contribution in [2.24, 2.45) is 12.0 Å². The highest BCUT2D eigenvalue weighted by Gasteiger charge is 2.16. The summed E-state index contributed by atoms with van der Waals surface area (Å²) >= 11 is 12.0. The molecule has 0 spiro atoms. The minimum absolute atomic E-state index is 0.0888. The topological polar surface area (TPSA) is 70.4 Å². The molecule has 0 unspecified atom stereocenters. The third-order valence-electron chi connectivity index (χ3n) is 4.24. The molecule has 134 valence electrons. The number of rotatable bonds is 6. The van der Waals surface area contributed by atoms with Crippen molar-refractivity contribution in [1.29, 1.82) is 0 Å². The summed E-state index contributed by atoms with van der Waals surface area (Å²) in [5, 5.41) is 10.4. The van der Waals surface area contributed by atoms with E-state index in [2.05, 4.69) is 20.9 Å². The maximum absolute atomic E-state index is 11.9. The number of guanidine groups is 1. The molecule has 0 aromatic carbocycles. The van der Waals surface area contributed by atoms with Crippen LogP contribution in [0, 0.1) is 0 Å². The van der Waals surface area contributed by atoms with Crippen LogP contribution in [0.5, 0.6) is 0 Å². The molecule has 1 saturated carbocycles. The minimum Gasteiger partial charge on any atom is -0.356 e. The molecule has 1 heterocycles. The van der Waals surface area contributed by atoms with Gasteiger partial charge in [0.15, 0.2) is 5.96 Å². The smallest absolute Gasteiger partial charge is 0.221 e. The number of nitrogens with zero attached hydrogens (tertiary/aromatic N) is 2. The first-order chi connectivity index (χ1) is 11.5. The van der Waals surface area contributed by atoms with Crippen LogP contribution in [-0.2, 0) is 18.4 Å². The maximum atomic E-state index is 11.9. The fourth-order valence-electron chi connectivity index (χ4n) is 2.82. The Morgan fingerprint density at radius 1 is 1.33 bits per heavy atom. The predicted octanol–water partition coefficient (Wildman–Crippen LogP) is 2.45. The molecule has 1 fully saturated rings. The number of carbonyl (C=O) groups excluding carboxylic acids is 1. The van der Waals surface area contributed by atoms with Crippen LogP contribution in [0.1, 0.15) is 37.8 Å². The van der Waals surface area contributed by atoms with Crippen LogP contribution >= 0.6 is 23.2 Å². The summed E-state index contributed by atoms with van der Waals surface area (Å²) in [5.41, 5.74) is 0.951. The first-order valence-corrected chi connectivity index (χ1v) is 9.00. The molecule has 2 rings (SSSR count). The lowest BCUT2D eigenvalue weighted by Crippen LogP contribution is -2.40. The van der Waals surface area contributed by atoms with Gasteiger partial charge in [-0.2, -0.15) is 0 Å². The molecule has 1 aromatic rings. The van der Waals surface area contributed by atoms with Gasteiger partial charge in [-0.15, -0.1) is 0 Å². The van der Waals surface area contributed by atoms with E-state index in [9.17, 15) is 4.79 Å². The van der Waals surface area contributed by atoms with E-state index in [0.29, 0.717) is 41.7 Å². The Morgan fingerprint density at radius 3 is 2.62 bits per heavy atom. The Labute approximate surface area is 153 Å². The Bertz CT molecular complexity index is 594. The zero-order chi connectivity index (χ0) is 17.5. The second-order valence-electron chi connectivity index (χ2n) is 5.98. The highest BCUT2D eigenvalue weighted by Crippen LogP contribution is 2.24. The number of hydrogen-bond donors (Lipinski definition) is 3. The van der Waals surface area contributed by atoms with E-state index in [1.807, 2.05) is 17.7 Å². The highest BCUT2D eigenvalue weighted by atomic mass is 35.5. The molecule has 1 aliphatic carbocycles. The maximum Gasteiger partial charge on any atom is 0.221 e. The van der Waals surface area contributed by atoms with Crippen molar-refractivity contribution < 1.29 is 4.79 Å². The molecule has 24 heavy (non-hydrogen) atoms. The zero-order valence-corrected chi connectivity index (χ0v) is 15.7. The first-order valence-electron chi connectivity index (χ1n) is 8.24. The summed E-state index contributed by atoms with van der Waals surface area (Å²) in [5.74, 6) is 0.725. The monoisotopic (exact) mass is 373 g/mol. The van der Waals surface area contributed by atoms with Crippen molar-refractivity contribution in [2.75, 3.05) is 13.6 Å². The third kappa shape index (κ3) is 5.31. The molecule has 1 amide bonds. The van der Waals surface area contributed by atoms with Crippen molar-refractivity contribution >= 4 is 35.1 Å². The summed E-state index contributed by atoms with van der Waals surface area (Å²) in [4.78, 5) is 16.0. The first kappa shape index (κ1) is 18.9. The molecule has 1 aliphatic rings. The predicted molar refractivity (Wildman–Crippen MR) is 98.7 cm³/mol. The van der Waals surface area contributed by atoms with Gasteiger partial charge in [-0.1, -0.05) is 36.0 Å². The lowest BCUT2D eigenvalue weighted by Gasteiger charge is -2.14. The summed E-state index contributed by atoms with van der Waals surface area (Å²) in [7, 11) is 3.55. The molecular formula is C16H25Cl2N5O. The third-order valence-corrected chi connectivity index (χ3v) is 5.08. The number of amides is 1. The van der Waals surface area contributed by atoms with Crippen LogP contribution in [0.15, 0.2) is 11.1 Å². The van der Waals surface area contributed by atoms with Crippen molar-refractivity contribution in [2.45, 2.75) is 44.7 Å². The van der Waals surface area contributed by atoms with E-state index in [-0.39, 0.29) is 5.91 Å². The fourth-order valence-corrected chi connectivity index (χ4v) is 3.23. The Kier molecular flexibility index (Phi) is 7.24. The summed E-state index contributed by atoms with van der Waals surface area (Å²) < 4.78 is 1.82. The van der Waals surface area contributed by atoms with E-state index in [4.69, 9.17) is 23.2 Å². The van der Waals surface area contributed by atoms with Crippen molar-refractivity contribution in [3.8, 4) is 0 Å². The molecule has 0 aliphatic heterocycles. The second-order valence-corrected chi connectivity index (χ2v) is 6.75. The Balaban J connectivity index is 1.70. The largest absolute Gasteiger partial charge is 0.356 e. The van der Waals surface area contributed by atoms with Gasteiger partial charge in [-0.05, 0) is 18.9 Å². The molecule has 1 aromatic heterocycles. The van der Waals surface area contributed by atoms with Crippen LogP contribution in [0.4, 0.5) is 0 Å². The molecular weight excluding hydrogens is 349 g/mol. The van der Waals surface area contributed by atoms with Gasteiger partial charge in [0, 0.05) is 38.8 Å². The standard InChI is InChI=1S/C16H25Cl2N5O/c1-19-16(21-10-12-9-13(17)15(18)23(12)2)20-8-7-14(24)22-11-5-3-4-6-11/h9,11H,3-8,10H2,1-2H3,(H,22,24)(H2,19,20,21). The average molecular weight is 374 g/mol. The van der Waals surface area contributed by atoms with Crippen molar-refractivity contribution in [3.63, 3.8) is 0 Å². The second kappa shape index (κ2) is 9.18. The van der Waals surface area contributed by atoms with Gasteiger partial charge in [0.25, 0.3) is 0 Å². The van der Waals surface area contributed by atoms with Gasteiger partial charge < -0.3 is 20.5 Å². The normalized spacial score (nSPS) is 15.6. The lowest BCUT2D eigenvalue weighted by atomic mass is 10.2. The van der Waals surface area contributed by atoms with E-state index in [1.165, 1.54) is 12.8 Å². The van der Waals surface area contributed by atoms with Crippen molar-refractivity contribution in [3.05, 3.63) is 21.9 Å². The van der Waals surface area contributed by atoms with Gasteiger partial charge in [0.1, 0.15) is 5.15 Å². The Morgan fingerprint density at radius 2 is 2.04 bits per heavy atom. The zero-order valence-electron chi connectivity index (χ0n) is 14.2. The number of nitrogens with one attached hydrogen (secondary N) is 3. The van der Waals surface area contributed by atoms with E-state index in [0.717, 1.165) is 18.5 Å². The van der Waals surface area contributed by atoms with E-state index >= 15 is 0 Å². The van der Waals surface area contributed by atoms with Crippen LogP contribution in [0.3, 0.4) is 0 Å². The Hall–Kier alpha value is -1.40. The van der Waals surface area contributed by atoms with Crippen LogP contribution in [-0.4, -0.2) is 36.1 Å². The van der Waals surface area contributed by atoms with Gasteiger partial charge in [-0.25, -0.2) is 0 Å². The number of hydrogen-bond acceptors (Lipinski definition) is 2. The van der Waals surface area contributed by atoms with Gasteiger partial charge in [0.2, 0.25) is 5.91 Å². The average Bonchev–Trinajstić information content (AvgIpc) is 3.15. The summed E-state index contributed by atoms with van der Waals surface area (Å²) in [6, 6.07) is 2.18. The van der Waals surface area contributed by atoms with Crippen molar-refractivity contribution in [1.82, 2.24) is 20.5 Å².